The molecule has 0 spiro atoms. The quantitative estimate of drug-likeness (QED) is 0.840. The number of halogens is 4. The maximum Gasteiger partial charge on any atom is 0.110 e. The van der Waals surface area contributed by atoms with E-state index in [9.17, 15) is 4.39 Å². The Morgan fingerprint density at radius 2 is 2.06 bits per heavy atom. The summed E-state index contributed by atoms with van der Waals surface area (Å²) < 4.78 is 13.9. The average molecular weight is 361 g/mol. The Balaban J connectivity index is 0.00000144. The van der Waals surface area contributed by atoms with Crippen LogP contribution < -0.4 is 5.32 Å². The normalized spacial score (nSPS) is 17.4. The molecule has 1 aliphatic heterocycles. The van der Waals surface area contributed by atoms with Crippen molar-refractivity contribution in [2.24, 2.45) is 0 Å². The number of alkyl halides is 1. The summed E-state index contributed by atoms with van der Waals surface area (Å²) in [5.41, 5.74) is 0.937. The van der Waals surface area contributed by atoms with Gasteiger partial charge in [-0.25, -0.2) is 9.37 Å². The summed E-state index contributed by atoms with van der Waals surface area (Å²) in [5.74, 6) is 0. The predicted octanol–water partition coefficient (Wildman–Crippen LogP) is 2.60. The molecule has 1 aromatic rings. The summed E-state index contributed by atoms with van der Waals surface area (Å²) in [7, 11) is 0. The second-order valence-corrected chi connectivity index (χ2v) is 4.59. The molecule has 18 heavy (non-hydrogen) atoms. The van der Waals surface area contributed by atoms with E-state index in [-0.39, 0.29) is 37.5 Å². The number of nitrogens with one attached hydrogen (secondary N) is 1. The van der Waals surface area contributed by atoms with Crippen LogP contribution in [0.5, 0.6) is 0 Å². The Morgan fingerprint density at radius 1 is 1.39 bits per heavy atom. The molecule has 0 saturated carbocycles. The lowest BCUT2D eigenvalue weighted by molar-refractivity contribution is 0.147. The van der Waals surface area contributed by atoms with E-state index >= 15 is 0 Å². The van der Waals surface area contributed by atoms with E-state index in [1.807, 2.05) is 12.1 Å². The van der Waals surface area contributed by atoms with Crippen LogP contribution in [0.15, 0.2) is 22.9 Å². The van der Waals surface area contributed by atoms with E-state index in [0.717, 1.165) is 36.3 Å². The maximum atomic E-state index is 13.2. The third kappa shape index (κ3) is 4.31. The van der Waals surface area contributed by atoms with Crippen LogP contribution in [0.2, 0.25) is 0 Å². The molecule has 1 fully saturated rings. The van der Waals surface area contributed by atoms with Gasteiger partial charge in [-0.3, -0.25) is 4.90 Å². The van der Waals surface area contributed by atoms with E-state index in [1.54, 1.807) is 6.20 Å². The minimum atomic E-state index is -0.371. The third-order valence-corrected chi connectivity index (χ3v) is 3.55. The molecule has 1 N–H and O–H groups in total. The van der Waals surface area contributed by atoms with Crippen LogP contribution in [0.25, 0.3) is 0 Å². The lowest BCUT2D eigenvalue weighted by Crippen LogP contribution is -2.45. The molecular weight excluding hydrogens is 344 g/mol. The molecule has 0 unspecified atom stereocenters. The highest BCUT2D eigenvalue weighted by Crippen LogP contribution is 2.26. The van der Waals surface area contributed by atoms with Crippen LogP contribution >= 0.6 is 40.7 Å². The third-order valence-electron chi connectivity index (χ3n) is 2.89. The van der Waals surface area contributed by atoms with Crippen molar-refractivity contribution in [2.45, 2.75) is 6.04 Å². The van der Waals surface area contributed by atoms with E-state index < -0.39 is 0 Å². The van der Waals surface area contributed by atoms with Gasteiger partial charge in [-0.2, -0.15) is 0 Å². The number of aromatic nitrogens is 1. The highest BCUT2D eigenvalue weighted by Gasteiger charge is 2.23. The molecule has 0 bridgehead atoms. The zero-order valence-corrected chi connectivity index (χ0v) is 13.0. The van der Waals surface area contributed by atoms with Crippen molar-refractivity contribution in [3.63, 3.8) is 0 Å². The fraction of sp³-hybridized carbons (Fsp3) is 0.545. The Morgan fingerprint density at radius 3 is 2.61 bits per heavy atom. The topological polar surface area (TPSA) is 28.2 Å². The summed E-state index contributed by atoms with van der Waals surface area (Å²) in [4.78, 5) is 6.32. The summed E-state index contributed by atoms with van der Waals surface area (Å²) in [6.07, 6.45) is 1.71. The van der Waals surface area contributed by atoms with Crippen molar-refractivity contribution in [3.05, 3.63) is 28.5 Å². The highest BCUT2D eigenvalue weighted by atomic mass is 79.9. The van der Waals surface area contributed by atoms with Gasteiger partial charge in [0, 0.05) is 37.9 Å². The highest BCUT2D eigenvalue weighted by molar-refractivity contribution is 9.10. The summed E-state index contributed by atoms with van der Waals surface area (Å²) in [6, 6.07) is 3.61. The predicted molar refractivity (Wildman–Crippen MR) is 79.6 cm³/mol. The number of hydrogen-bond acceptors (Lipinski definition) is 3. The smallest absolute Gasteiger partial charge is 0.110 e. The summed E-state index contributed by atoms with van der Waals surface area (Å²) in [6.45, 7) is 3.25. The van der Waals surface area contributed by atoms with Gasteiger partial charge in [0.2, 0.25) is 0 Å². The number of rotatable bonds is 3. The lowest BCUT2D eigenvalue weighted by atomic mass is 10.1. The molecule has 0 radical (unpaired) electrons. The van der Waals surface area contributed by atoms with Gasteiger partial charge in [0.05, 0.1) is 6.04 Å². The summed E-state index contributed by atoms with van der Waals surface area (Å²) >= 11 is 3.38. The first-order chi connectivity index (χ1) is 7.83. The van der Waals surface area contributed by atoms with Crippen LogP contribution in [-0.2, 0) is 0 Å². The molecule has 0 aliphatic carbocycles. The SMILES string of the molecule is Cl.Cl.FC[C@H](c1cccnc1Br)N1CCNCC1. The minimum Gasteiger partial charge on any atom is -0.314 e. The van der Waals surface area contributed by atoms with Gasteiger partial charge in [0.25, 0.3) is 0 Å². The summed E-state index contributed by atoms with van der Waals surface area (Å²) in [5, 5.41) is 3.27. The molecule has 2 heterocycles. The standard InChI is InChI=1S/C11H15BrFN3.2ClH/c12-11-9(2-1-3-15-11)10(8-13)16-6-4-14-5-7-16;;/h1-3,10,14H,4-8H2;2*1H/t10-;;/m1../s1. The van der Waals surface area contributed by atoms with Gasteiger partial charge in [-0.05, 0) is 22.0 Å². The van der Waals surface area contributed by atoms with Crippen molar-refractivity contribution < 1.29 is 4.39 Å². The fourth-order valence-electron chi connectivity index (χ4n) is 2.02. The molecule has 1 atom stereocenters. The molecule has 2 rings (SSSR count). The molecule has 0 amide bonds. The van der Waals surface area contributed by atoms with Crippen LogP contribution in [0.3, 0.4) is 0 Å². The number of hydrogen-bond donors (Lipinski definition) is 1. The first kappa shape index (κ1) is 18.1. The zero-order chi connectivity index (χ0) is 11.4. The minimum absolute atomic E-state index is 0. The molecule has 1 aromatic heterocycles. The first-order valence-electron chi connectivity index (χ1n) is 5.44. The molecule has 1 saturated heterocycles. The average Bonchev–Trinajstić information content (AvgIpc) is 2.34. The fourth-order valence-corrected chi connectivity index (χ4v) is 2.53. The van der Waals surface area contributed by atoms with Gasteiger partial charge in [0.15, 0.2) is 0 Å². The van der Waals surface area contributed by atoms with Crippen LogP contribution in [-0.4, -0.2) is 42.7 Å². The molecule has 0 aromatic carbocycles. The maximum absolute atomic E-state index is 13.2. The van der Waals surface area contributed by atoms with Gasteiger partial charge in [0.1, 0.15) is 11.3 Å². The largest absolute Gasteiger partial charge is 0.314 e. The number of nitrogens with zero attached hydrogens (tertiary/aromatic N) is 2. The Hall–Kier alpha value is 0.0600. The molecule has 1 aliphatic rings. The van der Waals surface area contributed by atoms with E-state index in [0.29, 0.717) is 0 Å². The van der Waals surface area contributed by atoms with Crippen molar-refractivity contribution in [2.75, 3.05) is 32.9 Å². The monoisotopic (exact) mass is 359 g/mol. The Labute approximate surface area is 127 Å². The van der Waals surface area contributed by atoms with Gasteiger partial charge >= 0.3 is 0 Å². The number of pyridine rings is 1. The van der Waals surface area contributed by atoms with Crippen LogP contribution in [0.4, 0.5) is 4.39 Å². The molecule has 104 valence electrons. The van der Waals surface area contributed by atoms with Gasteiger partial charge < -0.3 is 5.32 Å². The Kier molecular flexibility index (Phi) is 9.07. The second-order valence-electron chi connectivity index (χ2n) is 3.84. The van der Waals surface area contributed by atoms with E-state index in [1.165, 1.54) is 0 Å². The van der Waals surface area contributed by atoms with Crippen molar-refractivity contribution in [1.29, 1.82) is 0 Å². The van der Waals surface area contributed by atoms with Crippen molar-refractivity contribution >= 4 is 40.7 Å². The van der Waals surface area contributed by atoms with Crippen LogP contribution in [0.1, 0.15) is 11.6 Å². The second kappa shape index (κ2) is 9.04. The Bertz CT molecular complexity index is 351. The first-order valence-corrected chi connectivity index (χ1v) is 6.23. The van der Waals surface area contributed by atoms with Gasteiger partial charge in [-0.15, -0.1) is 24.8 Å². The zero-order valence-electron chi connectivity index (χ0n) is 9.81. The van der Waals surface area contributed by atoms with E-state index in [4.69, 9.17) is 0 Å². The van der Waals surface area contributed by atoms with E-state index in [2.05, 4.69) is 31.1 Å². The lowest BCUT2D eigenvalue weighted by Gasteiger charge is -2.33. The number of piperazine rings is 1. The molecule has 3 nitrogen and oxygen atoms in total. The molecular formula is C11H17BrCl2FN3. The van der Waals surface area contributed by atoms with Gasteiger partial charge in [-0.1, -0.05) is 6.07 Å². The van der Waals surface area contributed by atoms with Crippen LogP contribution in [0, 0.1) is 0 Å². The molecule has 7 heteroatoms. The van der Waals surface area contributed by atoms with Crippen molar-refractivity contribution in [3.8, 4) is 0 Å². The van der Waals surface area contributed by atoms with Crippen molar-refractivity contribution in [1.82, 2.24) is 15.2 Å².